The fraction of sp³-hybridized carbons (Fsp3) is 0.125. The number of amides is 1. The van der Waals surface area contributed by atoms with Gasteiger partial charge in [-0.1, -0.05) is 12.1 Å². The van der Waals surface area contributed by atoms with Crippen molar-refractivity contribution >= 4 is 16.9 Å². The normalized spacial score (nSPS) is 10.6. The lowest BCUT2D eigenvalue weighted by Crippen LogP contribution is -2.22. The second-order valence-electron chi connectivity index (χ2n) is 4.87. The summed E-state index contributed by atoms with van der Waals surface area (Å²) in [6.45, 7) is 0.421. The van der Waals surface area contributed by atoms with Crippen LogP contribution in [0, 0.1) is 0 Å². The number of imidazole rings is 1. The summed E-state index contributed by atoms with van der Waals surface area (Å²) < 4.78 is 5.09. The fourth-order valence-corrected chi connectivity index (χ4v) is 2.20. The third-order valence-electron chi connectivity index (χ3n) is 3.39. The molecule has 22 heavy (non-hydrogen) atoms. The van der Waals surface area contributed by atoms with Crippen molar-refractivity contribution in [2.24, 2.45) is 0 Å². The largest absolute Gasteiger partial charge is 0.497 e. The van der Waals surface area contributed by atoms with Crippen LogP contribution in [0.2, 0.25) is 0 Å². The molecule has 6 nitrogen and oxygen atoms in total. The van der Waals surface area contributed by atoms with Crippen LogP contribution in [0.1, 0.15) is 15.9 Å². The first kappa shape index (κ1) is 13.9. The minimum atomic E-state index is -0.286. The van der Waals surface area contributed by atoms with Crippen LogP contribution in [0.4, 0.5) is 0 Å². The average molecular weight is 297 g/mol. The van der Waals surface area contributed by atoms with Gasteiger partial charge < -0.3 is 20.0 Å². The number of ether oxygens (including phenoxy) is 1. The molecule has 6 heteroatoms. The van der Waals surface area contributed by atoms with Crippen LogP contribution in [-0.4, -0.2) is 23.0 Å². The third kappa shape index (κ3) is 2.85. The van der Waals surface area contributed by atoms with Crippen molar-refractivity contribution in [1.82, 2.24) is 15.3 Å². The molecule has 0 atom stereocenters. The van der Waals surface area contributed by atoms with Crippen LogP contribution in [0.15, 0.2) is 47.3 Å². The summed E-state index contributed by atoms with van der Waals surface area (Å²) in [5.74, 6) is 0.580. The van der Waals surface area contributed by atoms with Gasteiger partial charge in [-0.05, 0) is 35.9 Å². The molecular weight excluding hydrogens is 282 g/mol. The number of H-pyrrole nitrogens is 2. The van der Waals surface area contributed by atoms with E-state index in [0.717, 1.165) is 11.3 Å². The monoisotopic (exact) mass is 297 g/mol. The molecule has 3 rings (SSSR count). The van der Waals surface area contributed by atoms with Gasteiger partial charge in [0.1, 0.15) is 5.75 Å². The summed E-state index contributed by atoms with van der Waals surface area (Å²) in [4.78, 5) is 28.6. The van der Waals surface area contributed by atoms with Gasteiger partial charge in [-0.25, -0.2) is 4.79 Å². The van der Waals surface area contributed by atoms with E-state index in [1.165, 1.54) is 0 Å². The standard InChI is InChI=1S/C16H15N3O3/c1-22-12-5-2-10(3-6-12)9-17-15(20)11-4-7-13-14(8-11)19-16(21)18-13/h2-8H,9H2,1H3,(H,17,20)(H2,18,19,21). The molecule has 0 spiro atoms. The predicted molar refractivity (Wildman–Crippen MR) is 83.1 cm³/mol. The Bertz CT molecular complexity index is 862. The van der Waals surface area contributed by atoms with Crippen molar-refractivity contribution in [2.45, 2.75) is 6.54 Å². The molecule has 0 saturated heterocycles. The van der Waals surface area contributed by atoms with Crippen LogP contribution < -0.4 is 15.7 Å². The van der Waals surface area contributed by atoms with E-state index in [1.807, 2.05) is 24.3 Å². The van der Waals surface area contributed by atoms with Gasteiger partial charge in [-0.2, -0.15) is 0 Å². The molecule has 1 aromatic heterocycles. The van der Waals surface area contributed by atoms with Gasteiger partial charge in [-0.15, -0.1) is 0 Å². The molecule has 3 aromatic rings. The van der Waals surface area contributed by atoms with Gasteiger partial charge in [0.15, 0.2) is 0 Å². The minimum absolute atomic E-state index is 0.195. The summed E-state index contributed by atoms with van der Waals surface area (Å²) in [6, 6.07) is 12.5. The van der Waals surface area contributed by atoms with Crippen LogP contribution in [0.25, 0.3) is 11.0 Å². The Morgan fingerprint density at radius 2 is 1.82 bits per heavy atom. The zero-order chi connectivity index (χ0) is 15.5. The Labute approximate surface area is 126 Å². The molecule has 1 amide bonds. The Morgan fingerprint density at radius 3 is 2.55 bits per heavy atom. The maximum absolute atomic E-state index is 12.2. The molecule has 0 radical (unpaired) electrons. The number of carbonyl (C=O) groups excluding carboxylic acids is 1. The molecule has 0 aliphatic heterocycles. The zero-order valence-electron chi connectivity index (χ0n) is 12.0. The predicted octanol–water partition coefficient (Wildman–Crippen LogP) is 1.79. The summed E-state index contributed by atoms with van der Waals surface area (Å²) in [6.07, 6.45) is 0. The number of benzene rings is 2. The quantitative estimate of drug-likeness (QED) is 0.686. The number of carbonyl (C=O) groups is 1. The number of aromatic nitrogens is 2. The van der Waals surface area contributed by atoms with Crippen molar-refractivity contribution in [2.75, 3.05) is 7.11 Å². The van der Waals surface area contributed by atoms with Crippen LogP contribution >= 0.6 is 0 Å². The highest BCUT2D eigenvalue weighted by Gasteiger charge is 2.07. The summed E-state index contributed by atoms with van der Waals surface area (Å²) >= 11 is 0. The van der Waals surface area contributed by atoms with Crippen molar-refractivity contribution < 1.29 is 9.53 Å². The van der Waals surface area contributed by atoms with Crippen molar-refractivity contribution in [1.29, 1.82) is 0 Å². The number of methoxy groups -OCH3 is 1. The molecule has 0 unspecified atom stereocenters. The molecule has 0 aliphatic rings. The van der Waals surface area contributed by atoms with Crippen LogP contribution in [-0.2, 0) is 6.54 Å². The maximum Gasteiger partial charge on any atom is 0.323 e. The Hall–Kier alpha value is -3.02. The van der Waals surface area contributed by atoms with Gasteiger partial charge in [0, 0.05) is 12.1 Å². The number of hydrogen-bond donors (Lipinski definition) is 3. The first-order valence-electron chi connectivity index (χ1n) is 6.79. The van der Waals surface area contributed by atoms with E-state index in [9.17, 15) is 9.59 Å². The molecule has 112 valence electrons. The number of fused-ring (bicyclic) bond motifs is 1. The topological polar surface area (TPSA) is 87.0 Å². The maximum atomic E-state index is 12.2. The van der Waals surface area contributed by atoms with Crippen molar-refractivity contribution in [3.8, 4) is 5.75 Å². The highest BCUT2D eigenvalue weighted by atomic mass is 16.5. The summed E-state index contributed by atoms with van der Waals surface area (Å²) in [5, 5.41) is 2.84. The Morgan fingerprint density at radius 1 is 1.09 bits per heavy atom. The lowest BCUT2D eigenvalue weighted by Gasteiger charge is -2.06. The number of hydrogen-bond acceptors (Lipinski definition) is 3. The number of aromatic amines is 2. The SMILES string of the molecule is COc1ccc(CNC(=O)c2ccc3[nH]c(=O)[nH]c3c2)cc1. The fourth-order valence-electron chi connectivity index (χ4n) is 2.20. The molecule has 0 bridgehead atoms. The van der Waals surface area contributed by atoms with Gasteiger partial charge in [-0.3, -0.25) is 4.79 Å². The Kier molecular flexibility index (Phi) is 3.65. The third-order valence-corrected chi connectivity index (χ3v) is 3.39. The van der Waals surface area contributed by atoms with Gasteiger partial charge in [0.25, 0.3) is 5.91 Å². The highest BCUT2D eigenvalue weighted by molar-refractivity contribution is 5.97. The summed E-state index contributed by atoms with van der Waals surface area (Å²) in [7, 11) is 1.61. The van der Waals surface area contributed by atoms with Gasteiger partial charge in [0.2, 0.25) is 0 Å². The van der Waals surface area contributed by atoms with Crippen LogP contribution in [0.3, 0.4) is 0 Å². The van der Waals surface area contributed by atoms with Gasteiger partial charge >= 0.3 is 5.69 Å². The minimum Gasteiger partial charge on any atom is -0.497 e. The number of rotatable bonds is 4. The molecule has 2 aromatic carbocycles. The van der Waals surface area contributed by atoms with E-state index < -0.39 is 0 Å². The molecule has 1 heterocycles. The Balaban J connectivity index is 1.70. The van der Waals surface area contributed by atoms with Gasteiger partial charge in [0.05, 0.1) is 18.1 Å². The second-order valence-corrected chi connectivity index (χ2v) is 4.87. The average Bonchev–Trinajstić information content (AvgIpc) is 2.92. The van der Waals surface area contributed by atoms with E-state index in [1.54, 1.807) is 25.3 Å². The van der Waals surface area contributed by atoms with E-state index >= 15 is 0 Å². The molecule has 0 fully saturated rings. The van der Waals surface area contributed by atoms with E-state index in [0.29, 0.717) is 23.1 Å². The van der Waals surface area contributed by atoms with E-state index in [-0.39, 0.29) is 11.6 Å². The smallest absolute Gasteiger partial charge is 0.323 e. The molecular formula is C16H15N3O3. The molecule has 0 aliphatic carbocycles. The lowest BCUT2D eigenvalue weighted by molar-refractivity contribution is 0.0951. The first-order chi connectivity index (χ1) is 10.7. The summed E-state index contributed by atoms with van der Waals surface area (Å²) in [5.41, 5.74) is 2.48. The zero-order valence-corrected chi connectivity index (χ0v) is 12.0. The van der Waals surface area contributed by atoms with Crippen LogP contribution in [0.5, 0.6) is 5.75 Å². The lowest BCUT2D eigenvalue weighted by atomic mass is 10.1. The van der Waals surface area contributed by atoms with E-state index in [2.05, 4.69) is 15.3 Å². The number of nitrogens with one attached hydrogen (secondary N) is 3. The molecule has 3 N–H and O–H groups in total. The second kappa shape index (κ2) is 5.77. The highest BCUT2D eigenvalue weighted by Crippen LogP contribution is 2.12. The molecule has 0 saturated carbocycles. The van der Waals surface area contributed by atoms with E-state index in [4.69, 9.17) is 4.74 Å². The van der Waals surface area contributed by atoms with Crippen molar-refractivity contribution in [3.05, 3.63) is 64.1 Å². The first-order valence-corrected chi connectivity index (χ1v) is 6.79. The van der Waals surface area contributed by atoms with Crippen molar-refractivity contribution in [3.63, 3.8) is 0 Å².